The van der Waals surface area contributed by atoms with E-state index in [9.17, 15) is 8.42 Å². The van der Waals surface area contributed by atoms with Gasteiger partial charge in [-0.3, -0.25) is 4.55 Å². The van der Waals surface area contributed by atoms with E-state index in [1.165, 1.54) is 6.92 Å². The molecule has 0 fully saturated rings. The van der Waals surface area contributed by atoms with Gasteiger partial charge >= 0.3 is 10.1 Å². The van der Waals surface area contributed by atoms with Crippen LogP contribution in [-0.2, 0) is 10.1 Å². The van der Waals surface area contributed by atoms with E-state index in [4.69, 9.17) is 10.3 Å². The lowest BCUT2D eigenvalue weighted by molar-refractivity contribution is 0.485. The van der Waals surface area contributed by atoms with Crippen LogP contribution >= 0.6 is 11.3 Å². The predicted molar refractivity (Wildman–Crippen MR) is 41.1 cm³/mol. The molecular weight excluding hydrogens is 188 g/mol. The van der Waals surface area contributed by atoms with Gasteiger partial charge in [0.25, 0.3) is 0 Å². The molecule has 0 amide bonds. The van der Waals surface area contributed by atoms with Crippen LogP contribution in [0.4, 0.5) is 5.13 Å². The Morgan fingerprint density at radius 3 is 2.36 bits per heavy atom. The molecule has 5 nitrogen and oxygen atoms in total. The number of rotatable bonds is 1. The first-order chi connectivity index (χ1) is 4.91. The van der Waals surface area contributed by atoms with Crippen LogP contribution in [0.5, 0.6) is 0 Å². The summed E-state index contributed by atoms with van der Waals surface area (Å²) in [5.41, 5.74) is 5.44. The van der Waals surface area contributed by atoms with Gasteiger partial charge in [0.15, 0.2) is 9.34 Å². The van der Waals surface area contributed by atoms with Crippen LogP contribution in [-0.4, -0.2) is 18.0 Å². The first kappa shape index (κ1) is 8.44. The Labute approximate surface area is 67.6 Å². The molecule has 1 heterocycles. The van der Waals surface area contributed by atoms with Crippen molar-refractivity contribution in [1.29, 1.82) is 0 Å². The lowest BCUT2D eigenvalue weighted by Crippen LogP contribution is -1.96. The van der Waals surface area contributed by atoms with E-state index >= 15 is 0 Å². The number of hydrogen-bond acceptors (Lipinski definition) is 5. The molecule has 7 heteroatoms. The van der Waals surface area contributed by atoms with E-state index in [0.717, 1.165) is 11.3 Å². The molecule has 11 heavy (non-hydrogen) atoms. The van der Waals surface area contributed by atoms with Crippen molar-refractivity contribution in [3.63, 3.8) is 0 Å². The van der Waals surface area contributed by atoms with Crippen LogP contribution in [0, 0.1) is 6.92 Å². The van der Waals surface area contributed by atoms with Crippen LogP contribution < -0.4 is 5.73 Å². The highest BCUT2D eigenvalue weighted by molar-refractivity contribution is 7.88. The minimum absolute atomic E-state index is 0.134. The standard InChI is InChI=1S/C4H6N2O3S2/c1-2-3(11(7,8)9)10-4(5)6-2/h1H3,(H2,5,6)(H,7,8,9). The lowest BCUT2D eigenvalue weighted by atomic mass is 10.6. The maximum Gasteiger partial charge on any atom is 0.306 e. The third-order valence-corrected chi connectivity index (χ3v) is 3.43. The molecule has 0 aliphatic heterocycles. The molecule has 0 unspecified atom stereocenters. The summed E-state index contributed by atoms with van der Waals surface area (Å²) >= 11 is 0.750. The molecule has 1 aromatic heterocycles. The van der Waals surface area contributed by atoms with E-state index in [2.05, 4.69) is 4.98 Å². The fraction of sp³-hybridized carbons (Fsp3) is 0.250. The van der Waals surface area contributed by atoms with E-state index < -0.39 is 10.1 Å². The van der Waals surface area contributed by atoms with Crippen LogP contribution in [0.1, 0.15) is 5.69 Å². The molecular formula is C4H6N2O3S2. The topological polar surface area (TPSA) is 93.3 Å². The maximum atomic E-state index is 10.5. The van der Waals surface area contributed by atoms with Gasteiger partial charge in [-0.05, 0) is 6.92 Å². The molecule has 0 bridgehead atoms. The highest BCUT2D eigenvalue weighted by Crippen LogP contribution is 2.23. The van der Waals surface area contributed by atoms with E-state index in [-0.39, 0.29) is 15.0 Å². The van der Waals surface area contributed by atoms with Crippen molar-refractivity contribution >= 4 is 26.6 Å². The zero-order valence-electron chi connectivity index (χ0n) is 5.60. The molecule has 0 aliphatic rings. The van der Waals surface area contributed by atoms with Crippen molar-refractivity contribution in [2.45, 2.75) is 11.1 Å². The van der Waals surface area contributed by atoms with Crippen LogP contribution in [0.2, 0.25) is 0 Å². The summed E-state index contributed by atoms with van der Waals surface area (Å²) in [6, 6.07) is 0. The summed E-state index contributed by atoms with van der Waals surface area (Å²) in [6.45, 7) is 1.47. The largest absolute Gasteiger partial charge is 0.375 e. The van der Waals surface area contributed by atoms with Crippen molar-refractivity contribution < 1.29 is 13.0 Å². The third kappa shape index (κ3) is 1.67. The van der Waals surface area contributed by atoms with Gasteiger partial charge in [-0.1, -0.05) is 11.3 Å². The average molecular weight is 194 g/mol. The average Bonchev–Trinajstić information content (AvgIpc) is 2.08. The van der Waals surface area contributed by atoms with Crippen LogP contribution in [0.25, 0.3) is 0 Å². The Morgan fingerprint density at radius 2 is 2.18 bits per heavy atom. The summed E-state index contributed by atoms with van der Waals surface area (Å²) in [5.74, 6) is 0. The zero-order valence-corrected chi connectivity index (χ0v) is 7.24. The van der Waals surface area contributed by atoms with Gasteiger partial charge in [-0.15, -0.1) is 0 Å². The molecule has 0 radical (unpaired) electrons. The minimum Gasteiger partial charge on any atom is -0.375 e. The minimum atomic E-state index is -4.14. The number of thiazole rings is 1. The molecule has 0 saturated heterocycles. The second-order valence-electron chi connectivity index (χ2n) is 1.90. The molecule has 0 spiro atoms. The van der Waals surface area contributed by atoms with Gasteiger partial charge in [0.1, 0.15) is 0 Å². The number of nitrogens with zero attached hydrogens (tertiary/aromatic N) is 1. The highest BCUT2D eigenvalue weighted by atomic mass is 32.3. The predicted octanol–water partition coefficient (Wildman–Crippen LogP) is 0.280. The van der Waals surface area contributed by atoms with E-state index in [1.807, 2.05) is 0 Å². The van der Waals surface area contributed by atoms with Gasteiger partial charge in [0.2, 0.25) is 0 Å². The summed E-state index contributed by atoms with van der Waals surface area (Å²) in [4.78, 5) is 3.63. The molecule has 3 N–H and O–H groups in total. The van der Waals surface area contributed by atoms with Crippen molar-refractivity contribution in [3.05, 3.63) is 5.69 Å². The number of aryl methyl sites for hydroxylation is 1. The first-order valence-electron chi connectivity index (χ1n) is 2.61. The molecule has 0 saturated carbocycles. The SMILES string of the molecule is Cc1nc(N)sc1S(=O)(=O)O. The Morgan fingerprint density at radius 1 is 1.64 bits per heavy atom. The molecule has 0 atom stereocenters. The van der Waals surface area contributed by atoms with Gasteiger partial charge in [-0.25, -0.2) is 4.98 Å². The summed E-state index contributed by atoms with van der Waals surface area (Å²) in [5, 5.41) is 0.134. The van der Waals surface area contributed by atoms with Gasteiger partial charge < -0.3 is 5.73 Å². The molecule has 0 aromatic carbocycles. The Bertz CT molecular complexity index is 367. The molecule has 0 aliphatic carbocycles. The zero-order chi connectivity index (χ0) is 8.65. The number of nitrogens with two attached hydrogens (primary N) is 1. The third-order valence-electron chi connectivity index (χ3n) is 1.00. The normalized spacial score (nSPS) is 11.8. The lowest BCUT2D eigenvalue weighted by Gasteiger charge is -1.88. The van der Waals surface area contributed by atoms with E-state index in [0.29, 0.717) is 0 Å². The fourth-order valence-electron chi connectivity index (χ4n) is 0.642. The quantitative estimate of drug-likeness (QED) is 0.626. The number of anilines is 1. The van der Waals surface area contributed by atoms with E-state index in [1.54, 1.807) is 0 Å². The first-order valence-corrected chi connectivity index (χ1v) is 4.87. The maximum absolute atomic E-state index is 10.5. The van der Waals surface area contributed by atoms with Crippen LogP contribution in [0.3, 0.4) is 0 Å². The molecule has 62 valence electrons. The second kappa shape index (κ2) is 2.43. The van der Waals surface area contributed by atoms with Crippen LogP contribution in [0.15, 0.2) is 4.21 Å². The number of nitrogen functional groups attached to an aromatic ring is 1. The monoisotopic (exact) mass is 194 g/mol. The Hall–Kier alpha value is -0.660. The van der Waals surface area contributed by atoms with Gasteiger partial charge in [-0.2, -0.15) is 8.42 Å². The fourth-order valence-corrected chi connectivity index (χ4v) is 2.30. The Kier molecular flexibility index (Phi) is 1.87. The molecule has 1 aromatic rings. The smallest absolute Gasteiger partial charge is 0.306 e. The summed E-state index contributed by atoms with van der Waals surface area (Å²) in [7, 11) is -4.14. The van der Waals surface area contributed by atoms with Gasteiger partial charge in [0, 0.05) is 0 Å². The summed E-state index contributed by atoms with van der Waals surface area (Å²) < 4.78 is 29.5. The van der Waals surface area contributed by atoms with Crippen molar-refractivity contribution in [1.82, 2.24) is 4.98 Å². The highest BCUT2D eigenvalue weighted by Gasteiger charge is 2.17. The van der Waals surface area contributed by atoms with Gasteiger partial charge in [0.05, 0.1) is 5.69 Å². The van der Waals surface area contributed by atoms with Crippen molar-refractivity contribution in [3.8, 4) is 0 Å². The van der Waals surface area contributed by atoms with Crippen molar-refractivity contribution in [2.24, 2.45) is 0 Å². The van der Waals surface area contributed by atoms with Crippen molar-refractivity contribution in [2.75, 3.05) is 5.73 Å². The number of aromatic nitrogens is 1. The molecule has 1 rings (SSSR count). The summed E-state index contributed by atoms with van der Waals surface area (Å²) in [6.07, 6.45) is 0. The number of hydrogen-bond donors (Lipinski definition) is 2. The Balaban J connectivity index is 3.36. The second-order valence-corrected chi connectivity index (χ2v) is 4.55.